The van der Waals surface area contributed by atoms with Gasteiger partial charge in [-0.05, 0) is 76.0 Å². The number of hydrogen-bond donors (Lipinski definition) is 1. The molecule has 1 amide bonds. The fourth-order valence-corrected chi connectivity index (χ4v) is 3.06. The average Bonchev–Trinajstić information content (AvgIpc) is 2.81. The van der Waals surface area contributed by atoms with Gasteiger partial charge in [-0.15, -0.1) is 0 Å². The average molecular weight is 423 g/mol. The number of alkyl halides is 3. The van der Waals surface area contributed by atoms with Crippen LogP contribution in [0.15, 0.2) is 36.4 Å². The molecule has 2 aromatic rings. The summed E-state index contributed by atoms with van der Waals surface area (Å²) in [6.07, 6.45) is -4.56. The van der Waals surface area contributed by atoms with Gasteiger partial charge in [0.1, 0.15) is 5.82 Å². The number of carbonyl (C=O) groups is 1. The molecule has 0 unspecified atom stereocenters. The van der Waals surface area contributed by atoms with Gasteiger partial charge >= 0.3 is 13.3 Å². The van der Waals surface area contributed by atoms with Crippen molar-refractivity contribution in [1.29, 1.82) is 0 Å². The second-order valence-electron chi connectivity index (χ2n) is 8.31. The van der Waals surface area contributed by atoms with Gasteiger partial charge in [0.15, 0.2) is 0 Å². The van der Waals surface area contributed by atoms with E-state index in [2.05, 4.69) is 5.32 Å². The standard InChI is InChI=1S/C21H22BF4NO3/c1-12-9-17(23)15(11-16(12)22-29-19(2,3)20(4,5)30-22)18(28)27-14-8-6-7-13(10-14)21(24,25)26/h6-11H,1-5H3,(H,27,28). The Labute approximate surface area is 172 Å². The van der Waals surface area contributed by atoms with E-state index in [1.54, 1.807) is 6.92 Å². The zero-order valence-corrected chi connectivity index (χ0v) is 17.3. The van der Waals surface area contributed by atoms with Crippen molar-refractivity contribution < 1.29 is 31.7 Å². The minimum atomic E-state index is -4.56. The normalized spacial score (nSPS) is 17.8. The van der Waals surface area contributed by atoms with E-state index in [9.17, 15) is 22.4 Å². The van der Waals surface area contributed by atoms with Crippen LogP contribution in [0.2, 0.25) is 0 Å². The number of amides is 1. The molecule has 0 saturated carbocycles. The summed E-state index contributed by atoms with van der Waals surface area (Å²) in [4.78, 5) is 12.6. The minimum absolute atomic E-state index is 0.0908. The molecule has 0 spiro atoms. The first kappa shape index (κ1) is 22.3. The predicted molar refractivity (Wildman–Crippen MR) is 106 cm³/mol. The molecule has 1 fully saturated rings. The Balaban J connectivity index is 1.90. The van der Waals surface area contributed by atoms with E-state index in [0.717, 1.165) is 12.1 Å². The molecule has 3 rings (SSSR count). The number of halogens is 4. The highest BCUT2D eigenvalue weighted by Gasteiger charge is 2.52. The number of carbonyl (C=O) groups excluding carboxylic acids is 1. The highest BCUT2D eigenvalue weighted by atomic mass is 19.4. The van der Waals surface area contributed by atoms with Crippen molar-refractivity contribution in [3.63, 3.8) is 0 Å². The van der Waals surface area contributed by atoms with Gasteiger partial charge in [-0.25, -0.2) is 4.39 Å². The van der Waals surface area contributed by atoms with Crippen molar-refractivity contribution in [2.24, 2.45) is 0 Å². The van der Waals surface area contributed by atoms with Crippen LogP contribution >= 0.6 is 0 Å². The van der Waals surface area contributed by atoms with Gasteiger partial charge in [0.05, 0.1) is 22.3 Å². The first-order chi connectivity index (χ1) is 13.7. The first-order valence-corrected chi connectivity index (χ1v) is 9.35. The monoisotopic (exact) mass is 423 g/mol. The lowest BCUT2D eigenvalue weighted by Gasteiger charge is -2.32. The number of nitrogens with one attached hydrogen (secondary N) is 1. The van der Waals surface area contributed by atoms with Crippen LogP contribution in [0.25, 0.3) is 0 Å². The molecular formula is C21H22BF4NO3. The van der Waals surface area contributed by atoms with Crippen LogP contribution in [-0.4, -0.2) is 24.2 Å². The summed E-state index contributed by atoms with van der Waals surface area (Å²) in [5.74, 6) is -1.66. The first-order valence-electron chi connectivity index (χ1n) is 9.35. The van der Waals surface area contributed by atoms with Gasteiger partial charge in [-0.1, -0.05) is 6.07 Å². The quantitative estimate of drug-likeness (QED) is 0.575. The third-order valence-electron chi connectivity index (χ3n) is 5.56. The molecule has 1 heterocycles. The molecule has 0 radical (unpaired) electrons. The highest BCUT2D eigenvalue weighted by Crippen LogP contribution is 2.37. The molecule has 9 heteroatoms. The van der Waals surface area contributed by atoms with Crippen LogP contribution in [0.3, 0.4) is 0 Å². The molecule has 1 aliphatic heterocycles. The molecule has 1 N–H and O–H groups in total. The van der Waals surface area contributed by atoms with Gasteiger partial charge in [-0.2, -0.15) is 13.2 Å². The summed E-state index contributed by atoms with van der Waals surface area (Å²) in [6, 6.07) is 6.64. The van der Waals surface area contributed by atoms with Gasteiger partial charge in [0, 0.05) is 5.69 Å². The molecule has 0 bridgehead atoms. The van der Waals surface area contributed by atoms with Crippen molar-refractivity contribution in [3.8, 4) is 0 Å². The van der Waals surface area contributed by atoms with Crippen molar-refractivity contribution >= 4 is 24.2 Å². The van der Waals surface area contributed by atoms with E-state index in [4.69, 9.17) is 9.31 Å². The third kappa shape index (κ3) is 4.22. The smallest absolute Gasteiger partial charge is 0.399 e. The fraction of sp³-hybridized carbons (Fsp3) is 0.381. The maximum atomic E-state index is 14.5. The van der Waals surface area contributed by atoms with Crippen LogP contribution in [0.1, 0.15) is 49.2 Å². The maximum Gasteiger partial charge on any atom is 0.495 e. The van der Waals surface area contributed by atoms with Crippen molar-refractivity contribution in [1.82, 2.24) is 0 Å². The van der Waals surface area contributed by atoms with E-state index in [1.807, 2.05) is 27.7 Å². The minimum Gasteiger partial charge on any atom is -0.399 e. The number of hydrogen-bond acceptors (Lipinski definition) is 3. The summed E-state index contributed by atoms with van der Waals surface area (Å²) < 4.78 is 65.1. The topological polar surface area (TPSA) is 47.6 Å². The molecule has 1 aliphatic rings. The Hall–Kier alpha value is -2.39. The van der Waals surface area contributed by atoms with Crippen molar-refractivity contribution in [2.45, 2.75) is 52.0 Å². The number of anilines is 1. The SMILES string of the molecule is Cc1cc(F)c(C(=O)Nc2cccc(C(F)(F)F)c2)cc1B1OC(C)(C)C(C)(C)O1. The highest BCUT2D eigenvalue weighted by molar-refractivity contribution is 6.62. The zero-order valence-electron chi connectivity index (χ0n) is 17.3. The summed E-state index contributed by atoms with van der Waals surface area (Å²) in [5, 5.41) is 2.32. The second kappa shape index (κ2) is 7.39. The third-order valence-corrected chi connectivity index (χ3v) is 5.56. The van der Waals surface area contributed by atoms with Gasteiger partial charge in [0.2, 0.25) is 0 Å². The van der Waals surface area contributed by atoms with Crippen LogP contribution in [0, 0.1) is 12.7 Å². The van der Waals surface area contributed by atoms with Crippen LogP contribution in [0.4, 0.5) is 23.2 Å². The molecule has 2 aromatic carbocycles. The van der Waals surface area contributed by atoms with Gasteiger partial charge in [0.25, 0.3) is 5.91 Å². The number of aryl methyl sites for hydroxylation is 1. The van der Waals surface area contributed by atoms with Crippen LogP contribution in [0.5, 0.6) is 0 Å². The van der Waals surface area contributed by atoms with Gasteiger partial charge in [-0.3, -0.25) is 4.79 Å². The van der Waals surface area contributed by atoms with Gasteiger partial charge < -0.3 is 14.6 Å². The largest absolute Gasteiger partial charge is 0.495 e. The molecule has 0 aromatic heterocycles. The molecule has 160 valence electrons. The van der Waals surface area contributed by atoms with E-state index in [0.29, 0.717) is 11.0 Å². The fourth-order valence-electron chi connectivity index (χ4n) is 3.06. The van der Waals surface area contributed by atoms with E-state index in [1.165, 1.54) is 24.3 Å². The van der Waals surface area contributed by atoms with Crippen LogP contribution in [-0.2, 0) is 15.5 Å². The number of benzene rings is 2. The lowest BCUT2D eigenvalue weighted by molar-refractivity contribution is -0.137. The molecule has 30 heavy (non-hydrogen) atoms. The molecule has 4 nitrogen and oxygen atoms in total. The lowest BCUT2D eigenvalue weighted by atomic mass is 9.75. The molecule has 1 saturated heterocycles. The molecule has 0 atom stereocenters. The Morgan fingerprint density at radius 1 is 1.03 bits per heavy atom. The van der Waals surface area contributed by atoms with Crippen molar-refractivity contribution in [3.05, 3.63) is 58.9 Å². The Morgan fingerprint density at radius 2 is 1.63 bits per heavy atom. The summed E-state index contributed by atoms with van der Waals surface area (Å²) in [7, 11) is -0.810. The lowest BCUT2D eigenvalue weighted by Crippen LogP contribution is -2.41. The molecular weight excluding hydrogens is 401 g/mol. The second-order valence-corrected chi connectivity index (χ2v) is 8.31. The van der Waals surface area contributed by atoms with E-state index >= 15 is 0 Å². The summed E-state index contributed by atoms with van der Waals surface area (Å²) >= 11 is 0. The zero-order chi connectivity index (χ0) is 22.5. The molecule has 0 aliphatic carbocycles. The Bertz CT molecular complexity index is 973. The van der Waals surface area contributed by atoms with Crippen LogP contribution < -0.4 is 10.8 Å². The summed E-state index contributed by atoms with van der Waals surface area (Å²) in [5.41, 5.74) is -1.57. The maximum absolute atomic E-state index is 14.5. The Kier molecular flexibility index (Phi) is 5.49. The summed E-state index contributed by atoms with van der Waals surface area (Å²) in [6.45, 7) is 9.14. The van der Waals surface area contributed by atoms with E-state index in [-0.39, 0.29) is 11.3 Å². The Morgan fingerprint density at radius 3 is 2.20 bits per heavy atom. The van der Waals surface area contributed by atoms with Crippen molar-refractivity contribution in [2.75, 3.05) is 5.32 Å². The number of rotatable bonds is 3. The predicted octanol–water partition coefficient (Wildman–Crippen LogP) is 4.70. The van der Waals surface area contributed by atoms with E-state index < -0.39 is 41.8 Å².